The van der Waals surface area contributed by atoms with E-state index < -0.39 is 28.9 Å². The highest BCUT2D eigenvalue weighted by molar-refractivity contribution is 5.89. The van der Waals surface area contributed by atoms with Gasteiger partial charge in [0, 0.05) is 12.6 Å². The fraction of sp³-hybridized carbons (Fsp3) is 0.895. The Kier molecular flexibility index (Phi) is 7.10. The average Bonchev–Trinajstić information content (AvgIpc) is 2.77. The lowest BCUT2D eigenvalue weighted by Gasteiger charge is -2.38. The van der Waals surface area contributed by atoms with Gasteiger partial charge >= 0.3 is 12.2 Å². The number of ether oxygens (including phenoxy) is 2. The summed E-state index contributed by atoms with van der Waals surface area (Å²) in [5, 5.41) is 12.9. The van der Waals surface area contributed by atoms with Gasteiger partial charge in [-0.2, -0.15) is 0 Å². The van der Waals surface area contributed by atoms with E-state index in [1.165, 1.54) is 0 Å². The molecule has 7 nitrogen and oxygen atoms in total. The maximum absolute atomic E-state index is 12.7. The zero-order valence-corrected chi connectivity index (χ0v) is 17.5. The number of aliphatic hydroxyl groups is 1. The van der Waals surface area contributed by atoms with E-state index in [9.17, 15) is 14.7 Å². The second kappa shape index (κ2) is 8.13. The number of hydrogen-bond acceptors (Lipinski definition) is 6. The third kappa shape index (κ3) is 7.50. The number of aliphatic hydroxyl groups excluding tert-OH is 1. The SMILES string of the molecule is CC(C)(C)OC(=O)N(C(=O)OC(C)(C)C)C(C)(C)CC[C@@H]1C[C@@H](O)CN1. The maximum atomic E-state index is 12.7. The highest BCUT2D eigenvalue weighted by Gasteiger charge is 2.41. The molecule has 0 aromatic carbocycles. The van der Waals surface area contributed by atoms with E-state index in [2.05, 4.69) is 5.32 Å². The van der Waals surface area contributed by atoms with Crippen LogP contribution in [0, 0.1) is 0 Å². The second-order valence-electron chi connectivity index (χ2n) is 9.64. The molecule has 0 aromatic rings. The van der Waals surface area contributed by atoms with Crippen molar-refractivity contribution in [2.24, 2.45) is 0 Å². The van der Waals surface area contributed by atoms with Crippen LogP contribution in [0.15, 0.2) is 0 Å². The van der Waals surface area contributed by atoms with E-state index in [1.54, 1.807) is 41.5 Å². The van der Waals surface area contributed by atoms with Gasteiger partial charge in [0.15, 0.2) is 0 Å². The van der Waals surface area contributed by atoms with Gasteiger partial charge in [0.25, 0.3) is 0 Å². The molecule has 1 heterocycles. The van der Waals surface area contributed by atoms with Crippen LogP contribution in [-0.4, -0.2) is 57.6 Å². The Morgan fingerprint density at radius 3 is 1.81 bits per heavy atom. The van der Waals surface area contributed by atoms with Crippen LogP contribution in [0.3, 0.4) is 0 Å². The van der Waals surface area contributed by atoms with Crippen LogP contribution in [0.1, 0.15) is 74.7 Å². The summed E-state index contributed by atoms with van der Waals surface area (Å²) in [6, 6.07) is 0.170. The predicted molar refractivity (Wildman–Crippen MR) is 100 cm³/mol. The van der Waals surface area contributed by atoms with Gasteiger partial charge in [-0.25, -0.2) is 14.5 Å². The van der Waals surface area contributed by atoms with Crippen LogP contribution in [0.25, 0.3) is 0 Å². The largest absolute Gasteiger partial charge is 0.443 e. The van der Waals surface area contributed by atoms with Crippen LogP contribution < -0.4 is 5.32 Å². The molecule has 1 rings (SSSR count). The number of carbonyl (C=O) groups excluding carboxylic acids is 2. The zero-order valence-electron chi connectivity index (χ0n) is 17.5. The fourth-order valence-electron chi connectivity index (χ4n) is 2.84. The lowest BCUT2D eigenvalue weighted by Crippen LogP contribution is -2.54. The smallest absolute Gasteiger partial charge is 0.420 e. The Balaban J connectivity index is 2.92. The van der Waals surface area contributed by atoms with Gasteiger partial charge in [-0.15, -0.1) is 0 Å². The van der Waals surface area contributed by atoms with Gasteiger partial charge in [-0.3, -0.25) is 0 Å². The first-order valence-electron chi connectivity index (χ1n) is 9.28. The number of hydrogen-bond donors (Lipinski definition) is 2. The second-order valence-corrected chi connectivity index (χ2v) is 9.64. The van der Waals surface area contributed by atoms with Gasteiger partial charge in [0.2, 0.25) is 0 Å². The third-order valence-electron chi connectivity index (χ3n) is 4.06. The number of carbonyl (C=O) groups is 2. The summed E-state index contributed by atoms with van der Waals surface area (Å²) in [5.41, 5.74) is -2.23. The molecule has 1 aliphatic heterocycles. The van der Waals surface area contributed by atoms with Crippen molar-refractivity contribution >= 4 is 12.2 Å². The molecular weight excluding hydrogens is 336 g/mol. The van der Waals surface area contributed by atoms with Crippen molar-refractivity contribution in [1.82, 2.24) is 10.2 Å². The quantitative estimate of drug-likeness (QED) is 0.786. The molecule has 1 aliphatic rings. The Hall–Kier alpha value is -1.34. The van der Waals surface area contributed by atoms with Crippen LogP contribution in [-0.2, 0) is 9.47 Å². The predicted octanol–water partition coefficient (Wildman–Crippen LogP) is 3.44. The number of amides is 2. The normalized spacial score (nSPS) is 21.4. The van der Waals surface area contributed by atoms with Crippen molar-refractivity contribution in [2.45, 2.75) is 104 Å². The minimum atomic E-state index is -0.792. The van der Waals surface area contributed by atoms with Crippen molar-refractivity contribution in [3.8, 4) is 0 Å². The Morgan fingerprint density at radius 2 is 1.46 bits per heavy atom. The summed E-state index contributed by atoms with van der Waals surface area (Å²) in [6.45, 7) is 14.8. The van der Waals surface area contributed by atoms with Gasteiger partial charge in [-0.1, -0.05) is 0 Å². The summed E-state index contributed by atoms with van der Waals surface area (Å²) in [4.78, 5) is 26.5. The van der Waals surface area contributed by atoms with Gasteiger partial charge < -0.3 is 19.9 Å². The monoisotopic (exact) mass is 372 g/mol. The molecule has 2 N–H and O–H groups in total. The molecule has 0 bridgehead atoms. The molecule has 0 aromatic heterocycles. The molecule has 0 saturated carbocycles. The van der Waals surface area contributed by atoms with E-state index in [0.29, 0.717) is 19.4 Å². The molecule has 0 aliphatic carbocycles. The number of β-amino-alcohol motifs (C(OH)–C–C–N with tert-alkyl or cyclic N) is 1. The lowest BCUT2D eigenvalue weighted by molar-refractivity contribution is -0.0205. The first kappa shape index (κ1) is 22.7. The topological polar surface area (TPSA) is 88.1 Å². The van der Waals surface area contributed by atoms with Crippen molar-refractivity contribution < 1.29 is 24.2 Å². The van der Waals surface area contributed by atoms with Crippen molar-refractivity contribution in [3.63, 3.8) is 0 Å². The Bertz CT molecular complexity index is 477. The highest BCUT2D eigenvalue weighted by atomic mass is 16.6. The molecule has 0 radical (unpaired) electrons. The van der Waals surface area contributed by atoms with Crippen LogP contribution in [0.2, 0.25) is 0 Å². The van der Waals surface area contributed by atoms with Gasteiger partial charge in [-0.05, 0) is 74.7 Å². The highest BCUT2D eigenvalue weighted by Crippen LogP contribution is 2.28. The molecule has 7 heteroatoms. The zero-order chi connectivity index (χ0) is 20.3. The first-order chi connectivity index (χ1) is 11.6. The van der Waals surface area contributed by atoms with E-state index in [-0.39, 0.29) is 12.1 Å². The van der Waals surface area contributed by atoms with Gasteiger partial charge in [0.1, 0.15) is 11.2 Å². The number of nitrogens with zero attached hydrogens (tertiary/aromatic N) is 1. The van der Waals surface area contributed by atoms with E-state index in [4.69, 9.17) is 9.47 Å². The number of imide groups is 1. The number of nitrogens with one attached hydrogen (secondary N) is 1. The first-order valence-corrected chi connectivity index (χ1v) is 9.28. The molecule has 2 amide bonds. The fourth-order valence-corrected chi connectivity index (χ4v) is 2.84. The molecular formula is C19H36N2O5. The van der Waals surface area contributed by atoms with Gasteiger partial charge in [0.05, 0.1) is 11.6 Å². The molecule has 0 spiro atoms. The summed E-state index contributed by atoms with van der Waals surface area (Å²) in [6.07, 6.45) is 0.208. The van der Waals surface area contributed by atoms with E-state index >= 15 is 0 Å². The molecule has 2 atom stereocenters. The van der Waals surface area contributed by atoms with Crippen molar-refractivity contribution in [2.75, 3.05) is 6.54 Å². The lowest BCUT2D eigenvalue weighted by atomic mass is 9.93. The van der Waals surface area contributed by atoms with Crippen LogP contribution >= 0.6 is 0 Å². The molecule has 152 valence electrons. The van der Waals surface area contributed by atoms with Crippen LogP contribution in [0.4, 0.5) is 9.59 Å². The third-order valence-corrected chi connectivity index (χ3v) is 4.06. The summed E-state index contributed by atoms with van der Waals surface area (Å²) < 4.78 is 10.9. The summed E-state index contributed by atoms with van der Waals surface area (Å²) >= 11 is 0. The minimum absolute atomic E-state index is 0.170. The van der Waals surface area contributed by atoms with Crippen molar-refractivity contribution in [1.29, 1.82) is 0 Å². The van der Waals surface area contributed by atoms with Crippen LogP contribution in [0.5, 0.6) is 0 Å². The average molecular weight is 373 g/mol. The molecule has 26 heavy (non-hydrogen) atoms. The van der Waals surface area contributed by atoms with E-state index in [1.807, 2.05) is 13.8 Å². The molecule has 1 fully saturated rings. The molecule has 0 unspecified atom stereocenters. The number of rotatable bonds is 4. The Labute approximate surface area is 157 Å². The standard InChI is InChI=1S/C19H36N2O5/c1-17(2,3)25-15(23)21(16(24)26-18(4,5)6)19(7,8)10-9-13-11-14(22)12-20-13/h13-14,20,22H,9-12H2,1-8H3/t13-,14-/m1/s1. The Morgan fingerprint density at radius 1 is 1.00 bits per heavy atom. The van der Waals surface area contributed by atoms with E-state index in [0.717, 1.165) is 11.3 Å². The van der Waals surface area contributed by atoms with Crippen molar-refractivity contribution in [3.05, 3.63) is 0 Å². The summed E-state index contributed by atoms with van der Waals surface area (Å²) in [7, 11) is 0. The summed E-state index contributed by atoms with van der Waals surface area (Å²) in [5.74, 6) is 0. The molecule has 1 saturated heterocycles. The maximum Gasteiger partial charge on any atom is 0.420 e. The minimum Gasteiger partial charge on any atom is -0.443 e.